The van der Waals surface area contributed by atoms with E-state index in [0.29, 0.717) is 0 Å². The normalized spacial score (nSPS) is 28.9. The Kier molecular flexibility index (Phi) is 2.34. The summed E-state index contributed by atoms with van der Waals surface area (Å²) in [5.74, 6) is -0.643. The van der Waals surface area contributed by atoms with Crippen molar-refractivity contribution in [3.63, 3.8) is 0 Å². The molecule has 3 heteroatoms. The Balaban J connectivity index is 1.92. The van der Waals surface area contributed by atoms with Gasteiger partial charge in [0.15, 0.2) is 0 Å². The van der Waals surface area contributed by atoms with Crippen LogP contribution < -0.4 is 0 Å². The van der Waals surface area contributed by atoms with E-state index in [1.807, 2.05) is 0 Å². The molecule has 1 aliphatic heterocycles. The Morgan fingerprint density at radius 1 is 1.47 bits per heavy atom. The highest BCUT2D eigenvalue weighted by atomic mass is 16.4. The third-order valence-electron chi connectivity index (χ3n) is 4.79. The molecule has 0 aromatic carbocycles. The molecule has 0 bridgehead atoms. The maximum absolute atomic E-state index is 10.8. The quantitative estimate of drug-likeness (QED) is 0.773. The van der Waals surface area contributed by atoms with Crippen molar-refractivity contribution in [2.75, 3.05) is 13.1 Å². The van der Waals surface area contributed by atoms with Gasteiger partial charge in [-0.1, -0.05) is 13.8 Å². The van der Waals surface area contributed by atoms with Crippen LogP contribution in [-0.4, -0.2) is 34.6 Å². The fraction of sp³-hybridized carbons (Fsp3) is 0.917. The molecule has 1 unspecified atom stereocenters. The number of aliphatic carboxylic acids is 1. The van der Waals surface area contributed by atoms with Crippen LogP contribution in [0.2, 0.25) is 0 Å². The van der Waals surface area contributed by atoms with Crippen molar-refractivity contribution in [2.45, 2.75) is 45.6 Å². The molecule has 1 saturated carbocycles. The molecule has 1 aliphatic carbocycles. The predicted octanol–water partition coefficient (Wildman–Crippen LogP) is 1.97. The first-order valence-corrected chi connectivity index (χ1v) is 5.95. The van der Waals surface area contributed by atoms with Gasteiger partial charge in [0, 0.05) is 24.0 Å². The van der Waals surface area contributed by atoms with Gasteiger partial charge in [0.25, 0.3) is 0 Å². The summed E-state index contributed by atoms with van der Waals surface area (Å²) in [7, 11) is 0. The lowest BCUT2D eigenvalue weighted by Crippen LogP contribution is -2.60. The number of carbonyl (C=O) groups is 1. The van der Waals surface area contributed by atoms with Gasteiger partial charge in [-0.25, -0.2) is 0 Å². The summed E-state index contributed by atoms with van der Waals surface area (Å²) in [5, 5.41) is 8.94. The van der Waals surface area contributed by atoms with E-state index >= 15 is 0 Å². The fourth-order valence-corrected chi connectivity index (χ4v) is 2.84. The van der Waals surface area contributed by atoms with Crippen molar-refractivity contribution in [1.82, 2.24) is 4.90 Å². The molecule has 1 spiro atoms. The third kappa shape index (κ3) is 1.48. The number of likely N-dealkylation sites (tertiary alicyclic amines) is 1. The van der Waals surface area contributed by atoms with Crippen LogP contribution in [0.1, 0.15) is 40.0 Å². The van der Waals surface area contributed by atoms with Crippen LogP contribution in [-0.2, 0) is 4.79 Å². The van der Waals surface area contributed by atoms with E-state index in [9.17, 15) is 4.79 Å². The van der Waals surface area contributed by atoms with Gasteiger partial charge in [-0.3, -0.25) is 9.69 Å². The maximum atomic E-state index is 10.8. The average molecular weight is 211 g/mol. The molecule has 2 rings (SSSR count). The highest BCUT2D eigenvalue weighted by Crippen LogP contribution is 2.60. The second kappa shape index (κ2) is 3.21. The molecule has 2 aliphatic rings. The monoisotopic (exact) mass is 211 g/mol. The summed E-state index contributed by atoms with van der Waals surface area (Å²) in [4.78, 5) is 13.3. The molecule has 1 heterocycles. The molecule has 0 radical (unpaired) electrons. The van der Waals surface area contributed by atoms with Crippen molar-refractivity contribution in [3.05, 3.63) is 0 Å². The van der Waals surface area contributed by atoms with Crippen LogP contribution in [0.5, 0.6) is 0 Å². The first-order valence-electron chi connectivity index (χ1n) is 5.95. The van der Waals surface area contributed by atoms with E-state index in [0.717, 1.165) is 32.4 Å². The van der Waals surface area contributed by atoms with Crippen LogP contribution in [0, 0.1) is 11.3 Å². The lowest BCUT2D eigenvalue weighted by Gasteiger charge is -2.51. The highest BCUT2D eigenvalue weighted by molar-refractivity contribution is 5.75. The Hall–Kier alpha value is -0.570. The van der Waals surface area contributed by atoms with E-state index in [-0.39, 0.29) is 16.9 Å². The van der Waals surface area contributed by atoms with Crippen LogP contribution in [0.15, 0.2) is 0 Å². The number of carboxylic acid groups (broad SMARTS) is 1. The number of rotatable bonds is 4. The third-order valence-corrected chi connectivity index (χ3v) is 4.79. The Labute approximate surface area is 91.5 Å². The standard InChI is InChI=1S/C12H21NO2/c1-4-11(3,5-2)13-7-12(8-13)6-9(12)10(14)15/h9H,4-8H2,1-3H3,(H,14,15). The molecule has 3 nitrogen and oxygen atoms in total. The number of nitrogens with zero attached hydrogens (tertiary/aromatic N) is 1. The summed E-state index contributed by atoms with van der Waals surface area (Å²) in [6.45, 7) is 8.73. The van der Waals surface area contributed by atoms with Gasteiger partial charge in [0.05, 0.1) is 5.92 Å². The number of hydrogen-bond acceptors (Lipinski definition) is 2. The molecule has 1 saturated heterocycles. The minimum atomic E-state index is -0.593. The topological polar surface area (TPSA) is 40.5 Å². The van der Waals surface area contributed by atoms with E-state index in [4.69, 9.17) is 5.11 Å². The maximum Gasteiger partial charge on any atom is 0.307 e. The zero-order valence-electron chi connectivity index (χ0n) is 9.92. The van der Waals surface area contributed by atoms with Crippen molar-refractivity contribution < 1.29 is 9.90 Å². The molecular formula is C12H21NO2. The van der Waals surface area contributed by atoms with Crippen LogP contribution >= 0.6 is 0 Å². The zero-order valence-corrected chi connectivity index (χ0v) is 9.92. The molecule has 0 amide bonds. The fourth-order valence-electron chi connectivity index (χ4n) is 2.84. The molecule has 0 aromatic rings. The van der Waals surface area contributed by atoms with Crippen molar-refractivity contribution in [1.29, 1.82) is 0 Å². The summed E-state index contributed by atoms with van der Waals surface area (Å²) < 4.78 is 0. The molecule has 86 valence electrons. The van der Waals surface area contributed by atoms with Gasteiger partial charge >= 0.3 is 5.97 Å². The molecule has 2 fully saturated rings. The Morgan fingerprint density at radius 2 is 2.00 bits per heavy atom. The van der Waals surface area contributed by atoms with Gasteiger partial charge in [-0.15, -0.1) is 0 Å². The van der Waals surface area contributed by atoms with Gasteiger partial charge in [0.1, 0.15) is 0 Å². The van der Waals surface area contributed by atoms with Crippen molar-refractivity contribution >= 4 is 5.97 Å². The summed E-state index contributed by atoms with van der Waals surface area (Å²) in [6.07, 6.45) is 3.21. The van der Waals surface area contributed by atoms with Crippen LogP contribution in [0.25, 0.3) is 0 Å². The Bertz CT molecular complexity index is 277. The van der Waals surface area contributed by atoms with Gasteiger partial charge in [0.2, 0.25) is 0 Å². The van der Waals surface area contributed by atoms with Gasteiger partial charge < -0.3 is 5.11 Å². The molecule has 1 N–H and O–H groups in total. The summed E-state index contributed by atoms with van der Waals surface area (Å²) in [6, 6.07) is 0. The van der Waals surface area contributed by atoms with Crippen LogP contribution in [0.3, 0.4) is 0 Å². The minimum absolute atomic E-state index is 0.0493. The van der Waals surface area contributed by atoms with Gasteiger partial charge in [-0.05, 0) is 26.2 Å². The molecule has 1 atom stereocenters. The largest absolute Gasteiger partial charge is 0.481 e. The SMILES string of the molecule is CCC(C)(CC)N1CC2(CC2C(=O)O)C1. The van der Waals surface area contributed by atoms with E-state index in [1.54, 1.807) is 0 Å². The summed E-state index contributed by atoms with van der Waals surface area (Å²) in [5.41, 5.74) is 0.453. The second-order valence-electron chi connectivity index (χ2n) is 5.52. The van der Waals surface area contributed by atoms with Gasteiger partial charge in [-0.2, -0.15) is 0 Å². The first kappa shape index (κ1) is 10.9. The van der Waals surface area contributed by atoms with E-state index < -0.39 is 5.97 Å². The lowest BCUT2D eigenvalue weighted by atomic mass is 9.83. The lowest BCUT2D eigenvalue weighted by molar-refractivity contribution is -0.141. The summed E-state index contributed by atoms with van der Waals surface area (Å²) >= 11 is 0. The zero-order chi connectivity index (χ0) is 11.3. The highest BCUT2D eigenvalue weighted by Gasteiger charge is 2.66. The van der Waals surface area contributed by atoms with Crippen molar-refractivity contribution in [2.24, 2.45) is 11.3 Å². The average Bonchev–Trinajstić information content (AvgIpc) is 2.89. The van der Waals surface area contributed by atoms with E-state index in [2.05, 4.69) is 25.7 Å². The van der Waals surface area contributed by atoms with Crippen molar-refractivity contribution in [3.8, 4) is 0 Å². The second-order valence-corrected chi connectivity index (χ2v) is 5.52. The number of carboxylic acids is 1. The molecule has 0 aromatic heterocycles. The smallest absolute Gasteiger partial charge is 0.307 e. The van der Waals surface area contributed by atoms with Crippen LogP contribution in [0.4, 0.5) is 0 Å². The number of hydrogen-bond donors (Lipinski definition) is 1. The molecular weight excluding hydrogens is 190 g/mol. The Morgan fingerprint density at radius 3 is 2.33 bits per heavy atom. The predicted molar refractivity (Wildman–Crippen MR) is 58.7 cm³/mol. The minimum Gasteiger partial charge on any atom is -0.481 e. The molecule has 15 heavy (non-hydrogen) atoms. The van der Waals surface area contributed by atoms with E-state index in [1.165, 1.54) is 0 Å². The first-order chi connectivity index (χ1) is 6.97.